The molecule has 0 heterocycles. The summed E-state index contributed by atoms with van der Waals surface area (Å²) in [5, 5.41) is 35.9. The van der Waals surface area contributed by atoms with Crippen LogP contribution in [-0.2, 0) is 4.79 Å². The molecule has 0 saturated heterocycles. The fourth-order valence-corrected chi connectivity index (χ4v) is 1.26. The van der Waals surface area contributed by atoms with Gasteiger partial charge in [0.05, 0.1) is 25.4 Å². The lowest BCUT2D eigenvalue weighted by molar-refractivity contribution is -0.114. The Morgan fingerprint density at radius 2 is 1.50 bits per heavy atom. The molecule has 0 aliphatic rings. The summed E-state index contributed by atoms with van der Waals surface area (Å²) in [4.78, 5) is 11.0. The van der Waals surface area contributed by atoms with Crippen molar-refractivity contribution in [2.24, 2.45) is 5.73 Å². The van der Waals surface area contributed by atoms with Gasteiger partial charge in [0.1, 0.15) is 0 Å². The van der Waals surface area contributed by atoms with E-state index in [1.54, 1.807) is 0 Å². The van der Waals surface area contributed by atoms with Crippen LogP contribution in [0, 0.1) is 0 Å². The van der Waals surface area contributed by atoms with Gasteiger partial charge in [-0.15, -0.1) is 0 Å². The highest BCUT2D eigenvalue weighted by atomic mass is 16.3. The smallest absolute Gasteiger partial charge is 0.244 e. The van der Waals surface area contributed by atoms with Crippen LogP contribution >= 0.6 is 0 Å². The zero-order valence-corrected chi connectivity index (χ0v) is 9.26. The summed E-state index contributed by atoms with van der Waals surface area (Å²) in [6.45, 7) is 0.599. The van der Waals surface area contributed by atoms with Crippen molar-refractivity contribution in [3.8, 4) is 0 Å². The largest absolute Gasteiger partial charge is 0.394 e. The molecule has 0 spiro atoms. The van der Waals surface area contributed by atoms with E-state index in [9.17, 15) is 15.0 Å². The van der Waals surface area contributed by atoms with E-state index in [2.05, 4.69) is 0 Å². The van der Waals surface area contributed by atoms with E-state index in [1.165, 1.54) is 6.92 Å². The van der Waals surface area contributed by atoms with E-state index in [4.69, 9.17) is 15.9 Å². The van der Waals surface area contributed by atoms with Gasteiger partial charge in [-0.1, -0.05) is 5.57 Å². The molecule has 0 aliphatic carbocycles. The Morgan fingerprint density at radius 3 is 1.75 bits per heavy atom. The molecular weight excluding hydrogens is 214 g/mol. The average Bonchev–Trinajstić information content (AvgIpc) is 2.26. The summed E-state index contributed by atoms with van der Waals surface area (Å²) in [5.74, 6) is -0.648. The van der Waals surface area contributed by atoms with Crippen molar-refractivity contribution < 1.29 is 25.2 Å². The molecule has 0 radical (unpaired) electrons. The summed E-state index contributed by atoms with van der Waals surface area (Å²) in [6, 6.07) is 0. The van der Waals surface area contributed by atoms with Gasteiger partial charge in [-0.2, -0.15) is 0 Å². The molecule has 6 heteroatoms. The van der Waals surface area contributed by atoms with E-state index < -0.39 is 31.3 Å². The van der Waals surface area contributed by atoms with E-state index in [1.807, 2.05) is 0 Å². The summed E-state index contributed by atoms with van der Waals surface area (Å²) in [5.41, 5.74) is 5.76. The maximum Gasteiger partial charge on any atom is 0.244 e. The topological polar surface area (TPSA) is 124 Å². The molecule has 0 rings (SSSR count). The number of hydrogen-bond acceptors (Lipinski definition) is 5. The van der Waals surface area contributed by atoms with Crippen LogP contribution in [-0.4, -0.2) is 51.8 Å². The number of hydrogen-bond donors (Lipinski definition) is 5. The molecule has 94 valence electrons. The van der Waals surface area contributed by atoms with Crippen LogP contribution in [0.3, 0.4) is 0 Å². The van der Waals surface area contributed by atoms with Gasteiger partial charge in [0.2, 0.25) is 5.91 Å². The summed E-state index contributed by atoms with van der Waals surface area (Å²) >= 11 is 0. The first-order valence-electron chi connectivity index (χ1n) is 4.98. The average molecular weight is 233 g/mol. The molecule has 16 heavy (non-hydrogen) atoms. The molecule has 0 aromatic carbocycles. The van der Waals surface area contributed by atoms with E-state index in [-0.39, 0.29) is 18.4 Å². The van der Waals surface area contributed by atoms with Gasteiger partial charge < -0.3 is 26.2 Å². The maximum absolute atomic E-state index is 11.0. The quantitative estimate of drug-likeness (QED) is 0.334. The van der Waals surface area contributed by atoms with Crippen LogP contribution in [0.15, 0.2) is 11.1 Å². The summed E-state index contributed by atoms with van der Waals surface area (Å²) in [7, 11) is 0. The fraction of sp³-hybridized carbons (Fsp3) is 0.700. The molecule has 6 N–H and O–H groups in total. The molecular formula is C10H19NO5. The molecule has 0 bridgehead atoms. The van der Waals surface area contributed by atoms with Gasteiger partial charge in [0.25, 0.3) is 0 Å². The normalized spacial score (nSPS) is 14.3. The van der Waals surface area contributed by atoms with Crippen LogP contribution in [0.1, 0.15) is 19.8 Å². The number of carbonyl (C=O) groups excluding carboxylic acids is 1. The second kappa shape index (κ2) is 7.34. The highest BCUT2D eigenvalue weighted by molar-refractivity contribution is 5.92. The minimum Gasteiger partial charge on any atom is -0.394 e. The number of rotatable bonds is 7. The van der Waals surface area contributed by atoms with Crippen LogP contribution < -0.4 is 5.73 Å². The van der Waals surface area contributed by atoms with Gasteiger partial charge in [0, 0.05) is 5.57 Å². The SMILES string of the molecule is CC(C(N)=O)=C(CC(O)CO)CC(O)CO. The minimum absolute atomic E-state index is 0.0440. The Balaban J connectivity index is 4.76. The van der Waals surface area contributed by atoms with E-state index >= 15 is 0 Å². The molecule has 2 atom stereocenters. The number of aliphatic hydroxyl groups is 4. The lowest BCUT2D eigenvalue weighted by Crippen LogP contribution is -2.22. The van der Waals surface area contributed by atoms with E-state index in [0.717, 1.165) is 0 Å². The third kappa shape index (κ3) is 5.22. The lowest BCUT2D eigenvalue weighted by Gasteiger charge is -2.16. The highest BCUT2D eigenvalue weighted by Gasteiger charge is 2.15. The van der Waals surface area contributed by atoms with Gasteiger partial charge in [0.15, 0.2) is 0 Å². The van der Waals surface area contributed by atoms with Crippen LogP contribution in [0.2, 0.25) is 0 Å². The predicted octanol–water partition coefficient (Wildman–Crippen LogP) is -1.73. The maximum atomic E-state index is 11.0. The molecule has 0 saturated carbocycles. The molecule has 1 amide bonds. The van der Waals surface area contributed by atoms with Crippen molar-refractivity contribution in [1.82, 2.24) is 0 Å². The first kappa shape index (κ1) is 15.0. The first-order chi connectivity index (χ1) is 7.42. The highest BCUT2D eigenvalue weighted by Crippen LogP contribution is 2.17. The monoisotopic (exact) mass is 233 g/mol. The standard InChI is InChI=1S/C10H19NO5/c1-6(10(11)16)7(2-8(14)4-12)3-9(15)5-13/h8-9,12-15H,2-5H2,1H3,(H2,11,16). The molecule has 0 aromatic rings. The fourth-order valence-electron chi connectivity index (χ4n) is 1.26. The van der Waals surface area contributed by atoms with Gasteiger partial charge >= 0.3 is 0 Å². The Kier molecular flexibility index (Phi) is 6.91. The number of nitrogens with two attached hydrogens (primary N) is 1. The second-order valence-electron chi connectivity index (χ2n) is 3.67. The number of amides is 1. The van der Waals surface area contributed by atoms with Crippen LogP contribution in [0.25, 0.3) is 0 Å². The van der Waals surface area contributed by atoms with Crippen molar-refractivity contribution in [2.75, 3.05) is 13.2 Å². The number of carbonyl (C=O) groups is 1. The van der Waals surface area contributed by atoms with Gasteiger partial charge in [-0.05, 0) is 19.8 Å². The van der Waals surface area contributed by atoms with Gasteiger partial charge in [-0.25, -0.2) is 0 Å². The summed E-state index contributed by atoms with van der Waals surface area (Å²) in [6.07, 6.45) is -1.92. The van der Waals surface area contributed by atoms with Crippen molar-refractivity contribution in [2.45, 2.75) is 32.0 Å². The molecule has 2 unspecified atom stereocenters. The predicted molar refractivity (Wildman–Crippen MR) is 57.3 cm³/mol. The van der Waals surface area contributed by atoms with Crippen molar-refractivity contribution in [1.29, 1.82) is 0 Å². The van der Waals surface area contributed by atoms with Crippen molar-refractivity contribution in [3.63, 3.8) is 0 Å². The Labute approximate surface area is 94.0 Å². The van der Waals surface area contributed by atoms with Crippen LogP contribution in [0.4, 0.5) is 0 Å². The minimum atomic E-state index is -1.00. The zero-order chi connectivity index (χ0) is 12.7. The second-order valence-corrected chi connectivity index (χ2v) is 3.67. The molecule has 0 aromatic heterocycles. The van der Waals surface area contributed by atoms with Crippen molar-refractivity contribution in [3.05, 3.63) is 11.1 Å². The Morgan fingerprint density at radius 1 is 1.12 bits per heavy atom. The zero-order valence-electron chi connectivity index (χ0n) is 9.26. The third-order valence-electron chi connectivity index (χ3n) is 2.29. The first-order valence-corrected chi connectivity index (χ1v) is 4.98. The molecule has 0 aliphatic heterocycles. The number of aliphatic hydroxyl groups excluding tert-OH is 4. The van der Waals surface area contributed by atoms with Crippen LogP contribution in [0.5, 0.6) is 0 Å². The Bertz CT molecular complexity index is 250. The lowest BCUT2D eigenvalue weighted by atomic mass is 9.97. The van der Waals surface area contributed by atoms with Crippen molar-refractivity contribution >= 4 is 5.91 Å². The van der Waals surface area contributed by atoms with E-state index in [0.29, 0.717) is 5.57 Å². The number of primary amides is 1. The Hall–Kier alpha value is -0.950. The molecule has 6 nitrogen and oxygen atoms in total. The summed E-state index contributed by atoms with van der Waals surface area (Å²) < 4.78 is 0. The third-order valence-corrected chi connectivity index (χ3v) is 2.29. The van der Waals surface area contributed by atoms with Gasteiger partial charge in [-0.3, -0.25) is 4.79 Å². The molecule has 0 fully saturated rings.